The average molecular weight is 336 g/mol. The molecule has 0 atom stereocenters. The Morgan fingerprint density at radius 3 is 2.38 bits per heavy atom. The van der Waals surface area contributed by atoms with Crippen molar-refractivity contribution in [2.75, 3.05) is 12.4 Å². The van der Waals surface area contributed by atoms with Gasteiger partial charge in [-0.25, -0.2) is 28.5 Å². The van der Waals surface area contributed by atoms with E-state index in [0.717, 1.165) is 11.1 Å². The summed E-state index contributed by atoms with van der Waals surface area (Å²) >= 11 is 0. The number of pyridine rings is 1. The second kappa shape index (κ2) is 6.34. The van der Waals surface area contributed by atoms with E-state index in [-0.39, 0.29) is 11.8 Å². The summed E-state index contributed by atoms with van der Waals surface area (Å²) in [6, 6.07) is 3.54. The zero-order valence-electron chi connectivity index (χ0n) is 12.7. The normalized spacial score (nSPS) is 16.1. The molecular weight excluding hydrogens is 322 g/mol. The highest BCUT2D eigenvalue weighted by atomic mass is 19.3. The Balaban J connectivity index is 1.57. The van der Waals surface area contributed by atoms with Gasteiger partial charge in [-0.05, 0) is 12.1 Å². The van der Waals surface area contributed by atoms with Gasteiger partial charge in [0.1, 0.15) is 11.9 Å². The SMILES string of the molecule is COc1ncc(-c2ccc(NC(=O)OC3CC(F)(F)C3)nc2)cn1. The van der Waals surface area contributed by atoms with Gasteiger partial charge in [-0.3, -0.25) is 5.32 Å². The molecule has 2 aromatic rings. The number of aromatic nitrogens is 3. The topological polar surface area (TPSA) is 86.2 Å². The van der Waals surface area contributed by atoms with E-state index >= 15 is 0 Å². The minimum Gasteiger partial charge on any atom is -0.467 e. The lowest BCUT2D eigenvalue weighted by Gasteiger charge is -2.33. The molecule has 1 aliphatic carbocycles. The van der Waals surface area contributed by atoms with Crippen LogP contribution in [0.5, 0.6) is 6.01 Å². The van der Waals surface area contributed by atoms with Gasteiger partial charge in [-0.15, -0.1) is 0 Å². The Morgan fingerprint density at radius 1 is 1.17 bits per heavy atom. The second-order valence-electron chi connectivity index (χ2n) is 5.31. The number of alkyl halides is 2. The third kappa shape index (κ3) is 3.73. The predicted molar refractivity (Wildman–Crippen MR) is 79.9 cm³/mol. The van der Waals surface area contributed by atoms with Gasteiger partial charge >= 0.3 is 12.1 Å². The average Bonchev–Trinajstić information content (AvgIpc) is 2.54. The van der Waals surface area contributed by atoms with E-state index in [0.29, 0.717) is 0 Å². The zero-order chi connectivity index (χ0) is 17.2. The highest BCUT2D eigenvalue weighted by Crippen LogP contribution is 2.39. The van der Waals surface area contributed by atoms with Gasteiger partial charge in [0.15, 0.2) is 0 Å². The van der Waals surface area contributed by atoms with Crippen LogP contribution >= 0.6 is 0 Å². The van der Waals surface area contributed by atoms with Crippen LogP contribution in [0.3, 0.4) is 0 Å². The van der Waals surface area contributed by atoms with E-state index in [2.05, 4.69) is 20.3 Å². The monoisotopic (exact) mass is 336 g/mol. The number of amides is 1. The first-order chi connectivity index (χ1) is 11.4. The number of hydrogen-bond donors (Lipinski definition) is 1. The van der Waals surface area contributed by atoms with Crippen molar-refractivity contribution >= 4 is 11.9 Å². The maximum atomic E-state index is 12.7. The fourth-order valence-electron chi connectivity index (χ4n) is 2.18. The minimum atomic E-state index is -2.73. The molecule has 2 aromatic heterocycles. The number of ether oxygens (including phenoxy) is 2. The van der Waals surface area contributed by atoms with Gasteiger partial charge in [-0.1, -0.05) is 0 Å². The number of nitrogens with one attached hydrogen (secondary N) is 1. The van der Waals surface area contributed by atoms with Gasteiger partial charge in [0.25, 0.3) is 5.92 Å². The molecule has 0 aromatic carbocycles. The molecule has 1 saturated carbocycles. The maximum Gasteiger partial charge on any atom is 0.413 e. The van der Waals surface area contributed by atoms with Crippen LogP contribution in [0, 0.1) is 0 Å². The molecule has 126 valence electrons. The summed E-state index contributed by atoms with van der Waals surface area (Å²) in [5, 5.41) is 2.40. The minimum absolute atomic E-state index is 0.254. The molecular formula is C15H14F2N4O3. The van der Waals surface area contributed by atoms with Crippen molar-refractivity contribution in [3.8, 4) is 17.1 Å². The summed E-state index contributed by atoms with van der Waals surface area (Å²) in [4.78, 5) is 23.7. The van der Waals surface area contributed by atoms with Crippen molar-refractivity contribution in [1.29, 1.82) is 0 Å². The summed E-state index contributed by atoms with van der Waals surface area (Å²) in [7, 11) is 1.47. The summed E-state index contributed by atoms with van der Waals surface area (Å²) in [6.07, 6.45) is 2.26. The van der Waals surface area contributed by atoms with Crippen LogP contribution < -0.4 is 10.1 Å². The largest absolute Gasteiger partial charge is 0.467 e. The Morgan fingerprint density at radius 2 is 1.83 bits per heavy atom. The molecule has 1 aliphatic rings. The van der Waals surface area contributed by atoms with E-state index < -0.39 is 31.0 Å². The lowest BCUT2D eigenvalue weighted by molar-refractivity contribution is -0.142. The van der Waals surface area contributed by atoms with E-state index in [9.17, 15) is 13.6 Å². The first-order valence-electron chi connectivity index (χ1n) is 7.13. The van der Waals surface area contributed by atoms with Gasteiger partial charge in [0.2, 0.25) is 0 Å². The number of hydrogen-bond acceptors (Lipinski definition) is 6. The highest BCUT2D eigenvalue weighted by Gasteiger charge is 2.47. The molecule has 0 aliphatic heterocycles. The molecule has 3 rings (SSSR count). The molecule has 7 nitrogen and oxygen atoms in total. The highest BCUT2D eigenvalue weighted by molar-refractivity contribution is 5.83. The van der Waals surface area contributed by atoms with Crippen LogP contribution in [-0.2, 0) is 4.74 Å². The molecule has 0 bridgehead atoms. The van der Waals surface area contributed by atoms with E-state index in [1.165, 1.54) is 13.3 Å². The molecule has 1 fully saturated rings. The molecule has 24 heavy (non-hydrogen) atoms. The van der Waals surface area contributed by atoms with Crippen LogP contribution in [0.25, 0.3) is 11.1 Å². The maximum absolute atomic E-state index is 12.7. The third-order valence-electron chi connectivity index (χ3n) is 3.46. The predicted octanol–water partition coefficient (Wildman–Crippen LogP) is 2.89. The molecule has 0 unspecified atom stereocenters. The van der Waals surface area contributed by atoms with Crippen LogP contribution in [0.15, 0.2) is 30.7 Å². The Labute approximate surface area is 136 Å². The lowest BCUT2D eigenvalue weighted by Crippen LogP contribution is -2.43. The van der Waals surface area contributed by atoms with Crippen LogP contribution in [0.2, 0.25) is 0 Å². The van der Waals surface area contributed by atoms with E-state index in [4.69, 9.17) is 9.47 Å². The summed E-state index contributed by atoms with van der Waals surface area (Å²) < 4.78 is 35.1. The van der Waals surface area contributed by atoms with Gasteiger partial charge in [0, 0.05) is 42.6 Å². The molecule has 0 spiro atoms. The number of carbonyl (C=O) groups excluding carboxylic acids is 1. The van der Waals surface area contributed by atoms with Gasteiger partial charge < -0.3 is 9.47 Å². The Bertz CT molecular complexity index is 715. The van der Waals surface area contributed by atoms with Gasteiger partial charge in [0.05, 0.1) is 7.11 Å². The number of nitrogens with zero attached hydrogens (tertiary/aromatic N) is 3. The number of halogens is 2. The quantitative estimate of drug-likeness (QED) is 0.924. The van der Waals surface area contributed by atoms with Crippen molar-refractivity contribution < 1.29 is 23.0 Å². The first-order valence-corrected chi connectivity index (χ1v) is 7.13. The van der Waals surface area contributed by atoms with E-state index in [1.54, 1.807) is 24.5 Å². The van der Waals surface area contributed by atoms with Gasteiger partial charge in [-0.2, -0.15) is 0 Å². The first kappa shape index (κ1) is 16.0. The Kier molecular flexibility index (Phi) is 4.24. The molecule has 0 radical (unpaired) electrons. The third-order valence-corrected chi connectivity index (χ3v) is 3.46. The number of anilines is 1. The number of rotatable bonds is 4. The van der Waals surface area contributed by atoms with E-state index in [1.807, 2.05) is 0 Å². The summed E-state index contributed by atoms with van der Waals surface area (Å²) in [5.74, 6) is -2.48. The van der Waals surface area contributed by atoms with Crippen molar-refractivity contribution in [2.24, 2.45) is 0 Å². The molecule has 2 heterocycles. The number of methoxy groups -OCH3 is 1. The molecule has 1 N–H and O–H groups in total. The fraction of sp³-hybridized carbons (Fsp3) is 0.333. The Hall–Kier alpha value is -2.84. The second-order valence-corrected chi connectivity index (χ2v) is 5.31. The van der Waals surface area contributed by atoms with Crippen LogP contribution in [0.1, 0.15) is 12.8 Å². The molecule has 0 saturated heterocycles. The van der Waals surface area contributed by atoms with Crippen LogP contribution in [-0.4, -0.2) is 40.2 Å². The van der Waals surface area contributed by atoms with Crippen molar-refractivity contribution in [1.82, 2.24) is 15.0 Å². The van der Waals surface area contributed by atoms with Crippen molar-refractivity contribution in [3.05, 3.63) is 30.7 Å². The van der Waals surface area contributed by atoms with Crippen molar-refractivity contribution in [2.45, 2.75) is 24.9 Å². The zero-order valence-corrected chi connectivity index (χ0v) is 12.7. The van der Waals surface area contributed by atoms with Crippen molar-refractivity contribution in [3.63, 3.8) is 0 Å². The lowest BCUT2D eigenvalue weighted by atomic mass is 9.91. The fourth-order valence-corrected chi connectivity index (χ4v) is 2.18. The summed E-state index contributed by atoms with van der Waals surface area (Å²) in [5.41, 5.74) is 1.48. The molecule has 1 amide bonds. The smallest absolute Gasteiger partial charge is 0.413 e. The standard InChI is InChI=1S/C15H14F2N4O3/c1-23-13-19-7-10(8-20-13)9-2-3-12(18-6-9)21-14(22)24-11-4-15(16,17)5-11/h2-3,6-8,11H,4-5H2,1H3,(H,18,21,22). The van der Waals surface area contributed by atoms with Crippen LogP contribution in [0.4, 0.5) is 19.4 Å². The summed E-state index contributed by atoms with van der Waals surface area (Å²) in [6.45, 7) is 0. The number of carbonyl (C=O) groups is 1. The molecule has 9 heteroatoms.